The third-order valence-corrected chi connectivity index (χ3v) is 12.8. The highest BCUT2D eigenvalue weighted by Crippen LogP contribution is 2.56. The SMILES string of the molecule is C=C/C=C/C=C\C=C(/C)c1c(C)c2c(n3c1nc1ccccc13)CC(n1c3ccccc3c3c4c5c(cccc5cc31)C(C)(C)C1C=CCCC41)C=C2. The van der Waals surface area contributed by atoms with Gasteiger partial charge in [-0.05, 0) is 107 Å². The Morgan fingerprint density at radius 1 is 0.887 bits per heavy atom. The van der Waals surface area contributed by atoms with Gasteiger partial charge in [0.2, 0.25) is 0 Å². The molecule has 0 bridgehead atoms. The van der Waals surface area contributed by atoms with E-state index in [0.717, 1.165) is 29.5 Å². The van der Waals surface area contributed by atoms with Gasteiger partial charge in [-0.3, -0.25) is 4.40 Å². The predicted molar refractivity (Wildman–Crippen MR) is 226 cm³/mol. The first kappa shape index (κ1) is 32.0. The molecular weight excluding hydrogens is 643 g/mol. The highest BCUT2D eigenvalue weighted by atomic mass is 15.1. The van der Waals surface area contributed by atoms with Crippen molar-refractivity contribution in [3.8, 4) is 0 Å². The number of benzene rings is 4. The summed E-state index contributed by atoms with van der Waals surface area (Å²) in [6.45, 7) is 13.2. The zero-order valence-corrected chi connectivity index (χ0v) is 31.1. The molecule has 0 radical (unpaired) electrons. The molecule has 0 saturated carbocycles. The standard InChI is InChI=1S/C50H45N3/c1-6-7-8-9-10-18-31(2)45-32(3)35-28-27-34(30-43(35)53-42-26-16-14-24-40(42)51-49(45)53)52-41-25-15-12-21-37(41)47-44(52)29-33-19-17-23-39-46(33)48(47)36-20-11-13-22-38(36)50(39,4)5/h6-10,12-19,21-29,34,36,38H,1,11,20,30H2,2-5H3/b8-7+,10-9-,31-18+. The van der Waals surface area contributed by atoms with Crippen LogP contribution >= 0.6 is 0 Å². The van der Waals surface area contributed by atoms with Crippen LogP contribution in [0.2, 0.25) is 0 Å². The Kier molecular flexibility index (Phi) is 7.21. The Bertz CT molecular complexity index is 2840. The molecule has 0 aliphatic heterocycles. The van der Waals surface area contributed by atoms with Gasteiger partial charge in [-0.15, -0.1) is 0 Å². The lowest BCUT2D eigenvalue weighted by Gasteiger charge is -2.46. The number of para-hydroxylation sites is 3. The van der Waals surface area contributed by atoms with Crippen molar-refractivity contribution >= 4 is 60.9 Å². The van der Waals surface area contributed by atoms with Crippen LogP contribution in [-0.4, -0.2) is 14.0 Å². The highest BCUT2D eigenvalue weighted by Gasteiger charge is 2.44. The minimum absolute atomic E-state index is 0.0814. The number of aromatic nitrogens is 3. The molecule has 0 fully saturated rings. The van der Waals surface area contributed by atoms with Crippen molar-refractivity contribution in [2.75, 3.05) is 0 Å². The molecule has 10 rings (SSSR count). The van der Waals surface area contributed by atoms with E-state index in [0.29, 0.717) is 11.8 Å². The summed E-state index contributed by atoms with van der Waals surface area (Å²) < 4.78 is 5.13. The fourth-order valence-corrected chi connectivity index (χ4v) is 10.5. The van der Waals surface area contributed by atoms with Crippen LogP contribution in [0.3, 0.4) is 0 Å². The van der Waals surface area contributed by atoms with E-state index in [2.05, 4.69) is 159 Å². The molecule has 3 aromatic heterocycles. The highest BCUT2D eigenvalue weighted by molar-refractivity contribution is 6.17. The summed E-state index contributed by atoms with van der Waals surface area (Å²) in [5.41, 5.74) is 15.4. The van der Waals surface area contributed by atoms with Gasteiger partial charge in [0.05, 0.1) is 22.6 Å². The van der Waals surface area contributed by atoms with E-state index in [-0.39, 0.29) is 11.5 Å². The lowest BCUT2D eigenvalue weighted by molar-refractivity contribution is 0.299. The minimum Gasteiger partial charge on any atom is -0.333 e. The average molecular weight is 688 g/mol. The van der Waals surface area contributed by atoms with E-state index in [9.17, 15) is 0 Å². The number of pyridine rings is 1. The molecule has 0 amide bonds. The Morgan fingerprint density at radius 2 is 1.70 bits per heavy atom. The van der Waals surface area contributed by atoms with Gasteiger partial charge < -0.3 is 4.57 Å². The van der Waals surface area contributed by atoms with Crippen molar-refractivity contribution in [2.24, 2.45) is 5.92 Å². The van der Waals surface area contributed by atoms with Crippen molar-refractivity contribution in [1.82, 2.24) is 14.0 Å². The molecule has 4 aromatic carbocycles. The van der Waals surface area contributed by atoms with Crippen LogP contribution in [0.4, 0.5) is 0 Å². The fourth-order valence-electron chi connectivity index (χ4n) is 10.5. The molecule has 0 spiro atoms. The van der Waals surface area contributed by atoms with Crippen molar-refractivity contribution in [2.45, 2.75) is 64.3 Å². The zero-order valence-electron chi connectivity index (χ0n) is 31.1. The first-order chi connectivity index (χ1) is 25.9. The Morgan fingerprint density at radius 3 is 2.57 bits per heavy atom. The van der Waals surface area contributed by atoms with Crippen LogP contribution in [0.15, 0.2) is 134 Å². The maximum Gasteiger partial charge on any atom is 0.146 e. The Balaban J connectivity index is 1.22. The van der Waals surface area contributed by atoms with Crippen molar-refractivity contribution in [1.29, 1.82) is 0 Å². The first-order valence-electron chi connectivity index (χ1n) is 19.3. The summed E-state index contributed by atoms with van der Waals surface area (Å²) in [4.78, 5) is 5.31. The van der Waals surface area contributed by atoms with Gasteiger partial charge >= 0.3 is 0 Å². The molecule has 53 heavy (non-hydrogen) atoms. The first-order valence-corrected chi connectivity index (χ1v) is 19.3. The summed E-state index contributed by atoms with van der Waals surface area (Å²) in [5, 5.41) is 5.71. The van der Waals surface area contributed by atoms with Crippen LogP contribution in [0.5, 0.6) is 0 Å². The summed E-state index contributed by atoms with van der Waals surface area (Å²) in [6.07, 6.45) is 25.2. The monoisotopic (exact) mass is 687 g/mol. The average Bonchev–Trinajstić information content (AvgIpc) is 3.72. The maximum atomic E-state index is 5.31. The van der Waals surface area contributed by atoms with Gasteiger partial charge in [0.1, 0.15) is 5.65 Å². The largest absolute Gasteiger partial charge is 0.333 e. The molecule has 0 saturated heterocycles. The van der Waals surface area contributed by atoms with Crippen LogP contribution in [0, 0.1) is 12.8 Å². The van der Waals surface area contributed by atoms with Gasteiger partial charge in [0.15, 0.2) is 0 Å². The zero-order chi connectivity index (χ0) is 36.0. The third-order valence-electron chi connectivity index (χ3n) is 12.8. The summed E-state index contributed by atoms with van der Waals surface area (Å²) in [7, 11) is 0. The summed E-state index contributed by atoms with van der Waals surface area (Å²) in [5.74, 6) is 0.986. The molecule has 7 aromatic rings. The van der Waals surface area contributed by atoms with Crippen molar-refractivity contribution < 1.29 is 0 Å². The molecule has 3 heterocycles. The molecular formula is C50H45N3. The molecule has 3 aliphatic rings. The number of hydrogen-bond donors (Lipinski definition) is 0. The quantitative estimate of drug-likeness (QED) is 0.130. The number of imidazole rings is 1. The Labute approximate surface area is 311 Å². The molecule has 260 valence electrons. The lowest BCUT2D eigenvalue weighted by atomic mass is 9.58. The maximum absolute atomic E-state index is 5.31. The Hall–Kier alpha value is -5.67. The second-order valence-corrected chi connectivity index (χ2v) is 15.9. The summed E-state index contributed by atoms with van der Waals surface area (Å²) in [6, 6.07) is 27.5. The number of rotatable bonds is 5. The minimum atomic E-state index is 0.0814. The van der Waals surface area contributed by atoms with Crippen molar-refractivity contribution in [3.63, 3.8) is 0 Å². The van der Waals surface area contributed by atoms with E-state index in [1.54, 1.807) is 11.6 Å². The predicted octanol–water partition coefficient (Wildman–Crippen LogP) is 12.9. The molecule has 3 atom stereocenters. The molecule has 0 N–H and O–H groups in total. The lowest BCUT2D eigenvalue weighted by Crippen LogP contribution is -2.37. The molecule has 3 nitrogen and oxygen atoms in total. The van der Waals surface area contributed by atoms with E-state index < -0.39 is 0 Å². The van der Waals surface area contributed by atoms with E-state index in [4.69, 9.17) is 4.98 Å². The van der Waals surface area contributed by atoms with E-state index >= 15 is 0 Å². The second-order valence-electron chi connectivity index (χ2n) is 15.9. The van der Waals surface area contributed by atoms with Crippen LogP contribution < -0.4 is 0 Å². The van der Waals surface area contributed by atoms with Crippen LogP contribution in [-0.2, 0) is 11.8 Å². The van der Waals surface area contributed by atoms with Gasteiger partial charge in [-0.25, -0.2) is 4.98 Å². The topological polar surface area (TPSA) is 22.2 Å². The molecule has 3 aliphatic carbocycles. The second kappa shape index (κ2) is 11.9. The van der Waals surface area contributed by atoms with Crippen molar-refractivity contribution in [3.05, 3.63) is 168 Å². The number of hydrogen-bond acceptors (Lipinski definition) is 1. The van der Waals surface area contributed by atoms with Crippen LogP contribution in [0.1, 0.15) is 79.1 Å². The number of fused-ring (bicyclic) bond motifs is 11. The molecule has 3 unspecified atom stereocenters. The van der Waals surface area contributed by atoms with Crippen LogP contribution in [0.25, 0.3) is 60.9 Å². The fraction of sp³-hybridized carbons (Fsp3) is 0.220. The summed E-state index contributed by atoms with van der Waals surface area (Å²) >= 11 is 0. The smallest absolute Gasteiger partial charge is 0.146 e. The number of nitrogens with zero attached hydrogens (tertiary/aromatic N) is 3. The van der Waals surface area contributed by atoms with E-state index in [1.807, 2.05) is 12.2 Å². The van der Waals surface area contributed by atoms with E-state index in [1.165, 1.54) is 72.5 Å². The number of allylic oxidation sites excluding steroid dienone is 10. The normalized spacial score (nSPS) is 20.8. The van der Waals surface area contributed by atoms with Gasteiger partial charge in [-0.1, -0.05) is 130 Å². The molecule has 3 heteroatoms. The van der Waals surface area contributed by atoms with Gasteiger partial charge in [-0.2, -0.15) is 0 Å². The third kappa shape index (κ3) is 4.56. The van der Waals surface area contributed by atoms with Gasteiger partial charge in [0.25, 0.3) is 0 Å². The van der Waals surface area contributed by atoms with Gasteiger partial charge in [0, 0.05) is 34.0 Å².